The Morgan fingerprint density at radius 1 is 0.955 bits per heavy atom. The van der Waals surface area contributed by atoms with Gasteiger partial charge in [0.25, 0.3) is 0 Å². The average Bonchev–Trinajstić information content (AvgIpc) is 2.57. The predicted octanol–water partition coefficient (Wildman–Crippen LogP) is 1.53. The van der Waals surface area contributed by atoms with Crippen LogP contribution in [0.4, 0.5) is 5.69 Å². The summed E-state index contributed by atoms with van der Waals surface area (Å²) >= 11 is 0. The molecule has 0 saturated carbocycles. The quantitative estimate of drug-likeness (QED) is 0.920. The number of likely N-dealkylation sites (tertiary alicyclic amines) is 1. The molecule has 120 valence electrons. The van der Waals surface area contributed by atoms with E-state index in [1.165, 1.54) is 6.42 Å². The van der Waals surface area contributed by atoms with Crippen LogP contribution in [-0.2, 0) is 4.79 Å². The third kappa shape index (κ3) is 3.53. The summed E-state index contributed by atoms with van der Waals surface area (Å²) in [6, 6.07) is 7.46. The number of amides is 1. The van der Waals surface area contributed by atoms with Crippen LogP contribution in [-0.4, -0.2) is 66.6 Å². The van der Waals surface area contributed by atoms with Crippen molar-refractivity contribution < 1.29 is 9.90 Å². The number of benzene rings is 1. The minimum absolute atomic E-state index is 0.274. The highest BCUT2D eigenvalue weighted by atomic mass is 16.3. The normalized spacial score (nSPS) is 20.2. The number of carbonyl (C=O) groups is 1. The maximum atomic E-state index is 12.3. The first-order valence-corrected chi connectivity index (χ1v) is 8.27. The minimum atomic E-state index is 0.274. The SMILES string of the molecule is O=C(CN1CCN(c2ccccc2O)CC1)N1CCCCC1. The van der Waals surface area contributed by atoms with E-state index < -0.39 is 0 Å². The van der Waals surface area contributed by atoms with E-state index in [-0.39, 0.29) is 5.91 Å². The Labute approximate surface area is 132 Å². The maximum Gasteiger partial charge on any atom is 0.236 e. The zero-order chi connectivity index (χ0) is 15.4. The van der Waals surface area contributed by atoms with E-state index in [1.54, 1.807) is 6.07 Å². The summed E-state index contributed by atoms with van der Waals surface area (Å²) in [5.74, 6) is 0.607. The van der Waals surface area contributed by atoms with Crippen molar-refractivity contribution >= 4 is 11.6 Å². The van der Waals surface area contributed by atoms with E-state index in [0.717, 1.165) is 57.8 Å². The molecule has 1 aromatic carbocycles. The van der Waals surface area contributed by atoms with Crippen LogP contribution >= 0.6 is 0 Å². The van der Waals surface area contributed by atoms with Crippen molar-refractivity contribution in [3.05, 3.63) is 24.3 Å². The van der Waals surface area contributed by atoms with E-state index in [4.69, 9.17) is 0 Å². The number of para-hydroxylation sites is 2. The fraction of sp³-hybridized carbons (Fsp3) is 0.588. The van der Waals surface area contributed by atoms with Gasteiger partial charge in [0.1, 0.15) is 5.75 Å². The molecule has 1 aromatic rings. The molecule has 0 radical (unpaired) electrons. The second kappa shape index (κ2) is 7.01. The third-order valence-corrected chi connectivity index (χ3v) is 4.66. The largest absolute Gasteiger partial charge is 0.506 e. The number of carbonyl (C=O) groups excluding carboxylic acids is 1. The molecule has 0 aliphatic carbocycles. The molecule has 5 nitrogen and oxygen atoms in total. The van der Waals surface area contributed by atoms with E-state index >= 15 is 0 Å². The van der Waals surface area contributed by atoms with Gasteiger partial charge in [0, 0.05) is 39.3 Å². The fourth-order valence-electron chi connectivity index (χ4n) is 3.31. The number of hydrogen-bond donors (Lipinski definition) is 1. The van der Waals surface area contributed by atoms with Gasteiger partial charge in [-0.2, -0.15) is 0 Å². The van der Waals surface area contributed by atoms with Crippen LogP contribution in [0.3, 0.4) is 0 Å². The number of phenolic OH excluding ortho intramolecular Hbond substituents is 1. The van der Waals surface area contributed by atoms with Crippen molar-refractivity contribution in [3.63, 3.8) is 0 Å². The molecule has 5 heteroatoms. The summed E-state index contributed by atoms with van der Waals surface area (Å²) in [5.41, 5.74) is 0.893. The van der Waals surface area contributed by atoms with Gasteiger partial charge in [0.15, 0.2) is 0 Å². The Hall–Kier alpha value is -1.75. The van der Waals surface area contributed by atoms with Gasteiger partial charge >= 0.3 is 0 Å². The van der Waals surface area contributed by atoms with E-state index in [2.05, 4.69) is 9.80 Å². The summed E-state index contributed by atoms with van der Waals surface area (Å²) in [7, 11) is 0. The maximum absolute atomic E-state index is 12.3. The first kappa shape index (κ1) is 15.2. The summed E-state index contributed by atoms with van der Waals surface area (Å²) in [5, 5.41) is 9.93. The number of anilines is 1. The van der Waals surface area contributed by atoms with Crippen molar-refractivity contribution in [2.24, 2.45) is 0 Å². The van der Waals surface area contributed by atoms with Crippen molar-refractivity contribution in [2.75, 3.05) is 50.7 Å². The number of nitrogens with zero attached hydrogens (tertiary/aromatic N) is 3. The molecule has 2 saturated heterocycles. The summed E-state index contributed by atoms with van der Waals surface area (Å²) in [4.78, 5) is 18.7. The number of piperazine rings is 1. The lowest BCUT2D eigenvalue weighted by atomic mass is 10.1. The molecule has 2 fully saturated rings. The first-order chi connectivity index (χ1) is 10.7. The molecule has 0 atom stereocenters. The Balaban J connectivity index is 1.49. The zero-order valence-electron chi connectivity index (χ0n) is 13.1. The number of rotatable bonds is 3. The van der Waals surface area contributed by atoms with Gasteiger partial charge in [0.05, 0.1) is 12.2 Å². The van der Waals surface area contributed by atoms with Gasteiger partial charge in [-0.25, -0.2) is 0 Å². The topological polar surface area (TPSA) is 47.0 Å². The van der Waals surface area contributed by atoms with Crippen molar-refractivity contribution in [1.29, 1.82) is 0 Å². The molecular weight excluding hydrogens is 278 g/mol. The number of piperidine rings is 1. The standard InChI is InChI=1S/C17H25N3O2/c21-16-7-3-2-6-15(16)19-12-10-18(11-13-19)14-17(22)20-8-4-1-5-9-20/h2-3,6-7,21H,1,4-5,8-14H2. The third-order valence-electron chi connectivity index (χ3n) is 4.66. The lowest BCUT2D eigenvalue weighted by Gasteiger charge is -2.37. The van der Waals surface area contributed by atoms with Gasteiger partial charge in [-0.3, -0.25) is 9.69 Å². The van der Waals surface area contributed by atoms with Crippen molar-refractivity contribution in [2.45, 2.75) is 19.3 Å². The van der Waals surface area contributed by atoms with E-state index in [1.807, 2.05) is 23.1 Å². The van der Waals surface area contributed by atoms with Gasteiger partial charge in [-0.1, -0.05) is 12.1 Å². The van der Waals surface area contributed by atoms with Crippen LogP contribution in [0.25, 0.3) is 0 Å². The molecule has 0 bridgehead atoms. The van der Waals surface area contributed by atoms with Crippen LogP contribution in [0.1, 0.15) is 19.3 Å². The Morgan fingerprint density at radius 2 is 1.64 bits per heavy atom. The van der Waals surface area contributed by atoms with E-state index in [0.29, 0.717) is 12.3 Å². The summed E-state index contributed by atoms with van der Waals surface area (Å²) in [6.07, 6.45) is 3.54. The minimum Gasteiger partial charge on any atom is -0.506 e. The lowest BCUT2D eigenvalue weighted by molar-refractivity contribution is -0.133. The van der Waals surface area contributed by atoms with Gasteiger partial charge in [-0.05, 0) is 31.4 Å². The number of phenols is 1. The Bertz CT molecular complexity index is 506. The molecule has 22 heavy (non-hydrogen) atoms. The van der Waals surface area contributed by atoms with Crippen LogP contribution in [0, 0.1) is 0 Å². The lowest BCUT2D eigenvalue weighted by Crippen LogP contribution is -2.50. The van der Waals surface area contributed by atoms with Crippen molar-refractivity contribution in [1.82, 2.24) is 9.80 Å². The fourth-order valence-corrected chi connectivity index (χ4v) is 3.31. The van der Waals surface area contributed by atoms with Crippen LogP contribution in [0.2, 0.25) is 0 Å². The first-order valence-electron chi connectivity index (χ1n) is 8.27. The molecule has 0 aromatic heterocycles. The van der Waals surface area contributed by atoms with Gasteiger partial charge in [-0.15, -0.1) is 0 Å². The highest BCUT2D eigenvalue weighted by molar-refractivity contribution is 5.78. The zero-order valence-corrected chi connectivity index (χ0v) is 13.1. The molecule has 1 N–H and O–H groups in total. The molecular formula is C17H25N3O2. The molecule has 1 amide bonds. The monoisotopic (exact) mass is 303 g/mol. The molecule has 0 unspecified atom stereocenters. The molecule has 0 spiro atoms. The molecule has 2 aliphatic heterocycles. The van der Waals surface area contributed by atoms with E-state index in [9.17, 15) is 9.90 Å². The second-order valence-electron chi connectivity index (χ2n) is 6.19. The Kier molecular flexibility index (Phi) is 4.83. The Morgan fingerprint density at radius 3 is 2.32 bits per heavy atom. The van der Waals surface area contributed by atoms with Gasteiger partial charge in [0.2, 0.25) is 5.91 Å². The smallest absolute Gasteiger partial charge is 0.236 e. The van der Waals surface area contributed by atoms with Crippen LogP contribution < -0.4 is 4.90 Å². The van der Waals surface area contributed by atoms with Crippen LogP contribution in [0.15, 0.2) is 24.3 Å². The average molecular weight is 303 g/mol. The number of hydrogen-bond acceptors (Lipinski definition) is 4. The van der Waals surface area contributed by atoms with Gasteiger partial charge < -0.3 is 14.9 Å². The summed E-state index contributed by atoms with van der Waals surface area (Å²) < 4.78 is 0. The summed E-state index contributed by atoms with van der Waals surface area (Å²) in [6.45, 7) is 5.83. The van der Waals surface area contributed by atoms with Crippen molar-refractivity contribution in [3.8, 4) is 5.75 Å². The molecule has 2 aliphatic rings. The predicted molar refractivity (Wildman–Crippen MR) is 87.2 cm³/mol. The number of aromatic hydroxyl groups is 1. The second-order valence-corrected chi connectivity index (χ2v) is 6.19. The molecule has 3 rings (SSSR count). The highest BCUT2D eigenvalue weighted by Crippen LogP contribution is 2.27. The highest BCUT2D eigenvalue weighted by Gasteiger charge is 2.23. The van der Waals surface area contributed by atoms with Crippen LogP contribution in [0.5, 0.6) is 5.75 Å². The molecule has 2 heterocycles.